The van der Waals surface area contributed by atoms with Gasteiger partial charge < -0.3 is 10.1 Å². The van der Waals surface area contributed by atoms with E-state index in [1.54, 1.807) is 0 Å². The Morgan fingerprint density at radius 2 is 2.12 bits per heavy atom. The molecule has 3 atom stereocenters. The van der Waals surface area contributed by atoms with Crippen molar-refractivity contribution in [3.05, 3.63) is 46.8 Å². The van der Waals surface area contributed by atoms with Gasteiger partial charge in [-0.1, -0.05) is 36.0 Å². The molecule has 4 rings (SSSR count). The molecule has 11 heteroatoms. The predicted octanol–water partition coefficient (Wildman–Crippen LogP) is 4.05. The SMILES string of the molecule is CC1=CC=CC(C=O)[C@]1(CN1CCCCC1CNc1nnc(C(F)(F)F)s1)n1ccc(C)n1. The van der Waals surface area contributed by atoms with Gasteiger partial charge in [0.2, 0.25) is 10.1 Å². The Morgan fingerprint density at radius 3 is 2.79 bits per heavy atom. The zero-order valence-electron chi connectivity index (χ0n) is 18.5. The molecule has 1 fully saturated rings. The Kier molecular flexibility index (Phi) is 6.71. The average molecular weight is 481 g/mol. The molecule has 0 aromatic carbocycles. The first-order chi connectivity index (χ1) is 15.7. The molecule has 3 heterocycles. The van der Waals surface area contributed by atoms with Crippen LogP contribution in [-0.2, 0) is 16.5 Å². The molecule has 1 N–H and O–H groups in total. The number of aryl methyl sites for hydroxylation is 1. The molecule has 0 amide bonds. The number of hydrogen-bond donors (Lipinski definition) is 1. The number of likely N-dealkylation sites (tertiary alicyclic amines) is 1. The Balaban J connectivity index is 1.57. The third kappa shape index (κ3) is 4.74. The van der Waals surface area contributed by atoms with Crippen LogP contribution in [0.2, 0.25) is 0 Å². The van der Waals surface area contributed by atoms with Crippen LogP contribution < -0.4 is 5.32 Å². The summed E-state index contributed by atoms with van der Waals surface area (Å²) in [5, 5.41) is 13.8. The molecule has 33 heavy (non-hydrogen) atoms. The second-order valence-corrected chi connectivity index (χ2v) is 9.61. The molecule has 1 aliphatic heterocycles. The molecule has 1 saturated heterocycles. The molecule has 1 aliphatic carbocycles. The maximum atomic E-state index is 12.9. The monoisotopic (exact) mass is 480 g/mol. The van der Waals surface area contributed by atoms with Crippen LogP contribution in [0.25, 0.3) is 0 Å². The van der Waals surface area contributed by atoms with E-state index in [2.05, 4.69) is 25.5 Å². The smallest absolute Gasteiger partial charge is 0.359 e. The van der Waals surface area contributed by atoms with Gasteiger partial charge in [-0.3, -0.25) is 9.58 Å². The van der Waals surface area contributed by atoms with Gasteiger partial charge in [0.05, 0.1) is 11.6 Å². The number of anilines is 1. The summed E-state index contributed by atoms with van der Waals surface area (Å²) in [6.45, 7) is 5.79. The molecule has 0 radical (unpaired) electrons. The minimum Gasteiger partial charge on any atom is -0.359 e. The van der Waals surface area contributed by atoms with Crippen LogP contribution in [0.3, 0.4) is 0 Å². The largest absolute Gasteiger partial charge is 0.445 e. The lowest BCUT2D eigenvalue weighted by molar-refractivity contribution is -0.138. The van der Waals surface area contributed by atoms with Crippen LogP contribution in [-0.4, -0.2) is 56.8 Å². The predicted molar refractivity (Wildman–Crippen MR) is 120 cm³/mol. The van der Waals surface area contributed by atoms with Gasteiger partial charge in [-0.2, -0.15) is 18.3 Å². The maximum Gasteiger partial charge on any atom is 0.445 e. The van der Waals surface area contributed by atoms with Crippen LogP contribution in [0, 0.1) is 12.8 Å². The summed E-state index contributed by atoms with van der Waals surface area (Å²) in [5.41, 5.74) is 1.25. The zero-order chi connectivity index (χ0) is 23.6. The number of allylic oxidation sites excluding steroid dienone is 3. The van der Waals surface area contributed by atoms with Crippen molar-refractivity contribution < 1.29 is 18.0 Å². The summed E-state index contributed by atoms with van der Waals surface area (Å²) in [6, 6.07) is 2.01. The molecule has 2 aliphatic rings. The second kappa shape index (κ2) is 9.38. The molecule has 7 nitrogen and oxygen atoms in total. The molecule has 0 bridgehead atoms. The topological polar surface area (TPSA) is 75.9 Å². The van der Waals surface area contributed by atoms with Crippen molar-refractivity contribution in [1.82, 2.24) is 24.9 Å². The number of nitrogens with one attached hydrogen (secondary N) is 1. The van der Waals surface area contributed by atoms with Gasteiger partial charge in [-0.25, -0.2) is 0 Å². The molecule has 0 spiro atoms. The quantitative estimate of drug-likeness (QED) is 0.603. The molecule has 2 aromatic heterocycles. The van der Waals surface area contributed by atoms with E-state index in [0.29, 0.717) is 24.4 Å². The number of alkyl halides is 3. The third-order valence-corrected chi connectivity index (χ3v) is 7.45. The summed E-state index contributed by atoms with van der Waals surface area (Å²) in [4.78, 5) is 14.5. The highest BCUT2D eigenvalue weighted by Crippen LogP contribution is 2.39. The summed E-state index contributed by atoms with van der Waals surface area (Å²) >= 11 is 0.513. The zero-order valence-corrected chi connectivity index (χ0v) is 19.4. The van der Waals surface area contributed by atoms with Gasteiger partial charge >= 0.3 is 6.18 Å². The lowest BCUT2D eigenvalue weighted by Crippen LogP contribution is -2.56. The number of hydrogen-bond acceptors (Lipinski definition) is 7. The van der Waals surface area contributed by atoms with Crippen LogP contribution in [0.4, 0.5) is 18.3 Å². The van der Waals surface area contributed by atoms with Crippen molar-refractivity contribution in [3.8, 4) is 0 Å². The van der Waals surface area contributed by atoms with Gasteiger partial charge in [0, 0.05) is 25.3 Å². The standard InChI is InChI=1S/C22H27F3N6OS/c1-15-6-5-7-17(13-32)21(15,31-11-9-16(2)29-31)14-30-10-4-3-8-18(30)12-26-20-28-27-19(33-20)22(23,24)25/h5-7,9,11,13,17-18H,3-4,8,10,12,14H2,1-2H3,(H,26,28)/t17?,18?,21-/m1/s1. The molecule has 2 unspecified atom stereocenters. The summed E-state index contributed by atoms with van der Waals surface area (Å²) in [7, 11) is 0. The lowest BCUT2D eigenvalue weighted by Gasteiger charge is -2.47. The van der Waals surface area contributed by atoms with Crippen LogP contribution in [0.15, 0.2) is 36.1 Å². The van der Waals surface area contributed by atoms with E-state index in [0.717, 1.165) is 43.4 Å². The van der Waals surface area contributed by atoms with E-state index in [1.165, 1.54) is 0 Å². The minimum atomic E-state index is -4.50. The fraction of sp³-hybridized carbons (Fsp3) is 0.545. The highest BCUT2D eigenvalue weighted by Gasteiger charge is 2.45. The number of halogens is 3. The first-order valence-corrected chi connectivity index (χ1v) is 11.8. The van der Waals surface area contributed by atoms with E-state index < -0.39 is 16.7 Å². The molecule has 178 valence electrons. The third-order valence-electron chi connectivity index (χ3n) is 6.53. The fourth-order valence-corrected chi connectivity index (χ4v) is 5.36. The molecule has 2 aromatic rings. The highest BCUT2D eigenvalue weighted by molar-refractivity contribution is 7.15. The molecule has 0 saturated carbocycles. The van der Waals surface area contributed by atoms with Crippen LogP contribution in [0.5, 0.6) is 0 Å². The van der Waals surface area contributed by atoms with Gasteiger partial charge in [-0.05, 0) is 44.9 Å². The van der Waals surface area contributed by atoms with Crippen molar-refractivity contribution in [2.75, 3.05) is 25.0 Å². The lowest BCUT2D eigenvalue weighted by atomic mass is 9.74. The van der Waals surface area contributed by atoms with Crippen LogP contribution in [0.1, 0.15) is 36.9 Å². The maximum absolute atomic E-state index is 12.9. The van der Waals surface area contributed by atoms with E-state index >= 15 is 0 Å². The summed E-state index contributed by atoms with van der Waals surface area (Å²) < 4.78 is 40.5. The molecular weight excluding hydrogens is 453 g/mol. The Morgan fingerprint density at radius 1 is 1.30 bits per heavy atom. The average Bonchev–Trinajstić information content (AvgIpc) is 3.44. The number of aromatic nitrogens is 4. The van der Waals surface area contributed by atoms with E-state index in [9.17, 15) is 18.0 Å². The van der Waals surface area contributed by atoms with Crippen molar-refractivity contribution in [1.29, 1.82) is 0 Å². The van der Waals surface area contributed by atoms with Crippen LogP contribution >= 0.6 is 11.3 Å². The number of carbonyl (C=O) groups excluding carboxylic acids is 1. The van der Waals surface area contributed by atoms with E-state index in [1.807, 2.05) is 49.0 Å². The van der Waals surface area contributed by atoms with Crippen molar-refractivity contribution in [3.63, 3.8) is 0 Å². The fourth-order valence-electron chi connectivity index (χ4n) is 4.74. The van der Waals surface area contributed by atoms with Crippen molar-refractivity contribution in [2.45, 2.75) is 50.9 Å². The number of nitrogens with zero attached hydrogens (tertiary/aromatic N) is 5. The first kappa shape index (κ1) is 23.6. The normalized spacial score (nSPS) is 26.3. The minimum absolute atomic E-state index is 0.0801. The van der Waals surface area contributed by atoms with Gasteiger partial charge in [-0.15, -0.1) is 10.2 Å². The Bertz CT molecular complexity index is 1050. The van der Waals surface area contributed by atoms with Gasteiger partial charge in [0.1, 0.15) is 11.8 Å². The van der Waals surface area contributed by atoms with Gasteiger partial charge in [0.25, 0.3) is 0 Å². The van der Waals surface area contributed by atoms with Gasteiger partial charge in [0.15, 0.2) is 0 Å². The van der Waals surface area contributed by atoms with E-state index in [-0.39, 0.29) is 17.1 Å². The second-order valence-electron chi connectivity index (χ2n) is 8.63. The highest BCUT2D eigenvalue weighted by atomic mass is 32.1. The van der Waals surface area contributed by atoms with Crippen molar-refractivity contribution >= 4 is 22.8 Å². The molecular formula is C22H27F3N6OS. The van der Waals surface area contributed by atoms with E-state index in [4.69, 9.17) is 0 Å². The van der Waals surface area contributed by atoms with Crippen molar-refractivity contribution in [2.24, 2.45) is 5.92 Å². The summed E-state index contributed by atoms with van der Waals surface area (Å²) in [5.74, 6) is -0.380. The summed E-state index contributed by atoms with van der Waals surface area (Å²) in [6.07, 6.45) is 7.19. The number of piperidine rings is 1. The Hall–Kier alpha value is -2.53. The first-order valence-electron chi connectivity index (χ1n) is 11.0. The Labute approximate surface area is 194 Å². The number of rotatable bonds is 7. The number of aldehydes is 1. The number of carbonyl (C=O) groups is 1.